The van der Waals surface area contributed by atoms with Gasteiger partial charge >= 0.3 is 0 Å². The minimum atomic E-state index is 0.876. The molecule has 1 nitrogen and oxygen atoms in total. The summed E-state index contributed by atoms with van der Waals surface area (Å²) < 4.78 is 5.51. The van der Waals surface area contributed by atoms with Crippen molar-refractivity contribution < 1.29 is 4.74 Å². The highest BCUT2D eigenvalue weighted by molar-refractivity contribution is 9.08. The summed E-state index contributed by atoms with van der Waals surface area (Å²) in [6.45, 7) is 0.876. The Hall–Kier alpha value is -0.500. The smallest absolute Gasteiger partial charge is 0.122 e. The zero-order valence-corrected chi connectivity index (χ0v) is 8.43. The van der Waals surface area contributed by atoms with Gasteiger partial charge < -0.3 is 4.74 Å². The molecule has 0 saturated carbocycles. The van der Waals surface area contributed by atoms with E-state index in [0.29, 0.717) is 0 Å². The average molecular weight is 227 g/mol. The normalized spacial score (nSPS) is 15.1. The summed E-state index contributed by atoms with van der Waals surface area (Å²) in [5.41, 5.74) is 2.69. The topological polar surface area (TPSA) is 9.23 Å². The molecule has 64 valence electrons. The van der Waals surface area contributed by atoms with Gasteiger partial charge in [-0.15, -0.1) is 0 Å². The minimum Gasteiger partial charge on any atom is -0.493 e. The zero-order valence-electron chi connectivity index (χ0n) is 6.85. The van der Waals surface area contributed by atoms with Crippen molar-refractivity contribution in [2.75, 3.05) is 6.61 Å². The fourth-order valence-electron chi connectivity index (χ4n) is 1.50. The minimum absolute atomic E-state index is 0.876. The van der Waals surface area contributed by atoms with Crippen LogP contribution in [0.5, 0.6) is 5.75 Å². The molecule has 0 radical (unpaired) electrons. The Labute approximate surface area is 80.9 Å². The van der Waals surface area contributed by atoms with Crippen LogP contribution in [-0.4, -0.2) is 6.61 Å². The largest absolute Gasteiger partial charge is 0.493 e. The van der Waals surface area contributed by atoms with Gasteiger partial charge in [0.1, 0.15) is 5.75 Å². The van der Waals surface area contributed by atoms with Gasteiger partial charge in [-0.05, 0) is 30.0 Å². The molecular weight excluding hydrogens is 216 g/mol. The van der Waals surface area contributed by atoms with E-state index >= 15 is 0 Å². The molecule has 12 heavy (non-hydrogen) atoms. The first-order chi connectivity index (χ1) is 5.90. The first-order valence-corrected chi connectivity index (χ1v) is 5.33. The fourth-order valence-corrected chi connectivity index (χ4v) is 1.85. The third-order valence-electron chi connectivity index (χ3n) is 2.13. The van der Waals surface area contributed by atoms with Crippen LogP contribution >= 0.6 is 15.9 Å². The predicted molar refractivity (Wildman–Crippen MR) is 52.9 cm³/mol. The van der Waals surface area contributed by atoms with Crippen molar-refractivity contribution in [1.82, 2.24) is 0 Å². The molecule has 0 atom stereocenters. The van der Waals surface area contributed by atoms with Crippen molar-refractivity contribution >= 4 is 15.9 Å². The monoisotopic (exact) mass is 226 g/mol. The molecule has 1 aromatic rings. The number of benzene rings is 1. The molecule has 0 saturated heterocycles. The molecule has 1 aliphatic rings. The maximum atomic E-state index is 5.51. The molecule has 1 aliphatic heterocycles. The van der Waals surface area contributed by atoms with E-state index in [1.807, 2.05) is 0 Å². The Bertz CT molecular complexity index is 283. The summed E-state index contributed by atoms with van der Waals surface area (Å²) >= 11 is 3.44. The molecule has 0 aromatic heterocycles. The summed E-state index contributed by atoms with van der Waals surface area (Å²) in [5.74, 6) is 1.07. The lowest BCUT2D eigenvalue weighted by atomic mass is 10.0. The van der Waals surface area contributed by atoms with Gasteiger partial charge in [0.2, 0.25) is 0 Å². The van der Waals surface area contributed by atoms with Gasteiger partial charge in [-0.2, -0.15) is 0 Å². The number of rotatable bonds is 1. The van der Waals surface area contributed by atoms with Crippen LogP contribution < -0.4 is 4.74 Å². The van der Waals surface area contributed by atoms with E-state index < -0.39 is 0 Å². The Morgan fingerprint density at radius 1 is 1.42 bits per heavy atom. The predicted octanol–water partition coefficient (Wildman–Crippen LogP) is 2.91. The van der Waals surface area contributed by atoms with E-state index in [1.165, 1.54) is 11.1 Å². The summed E-state index contributed by atoms with van der Waals surface area (Å²) in [4.78, 5) is 0. The van der Waals surface area contributed by atoms with Gasteiger partial charge in [0.05, 0.1) is 6.61 Å². The summed E-state index contributed by atoms with van der Waals surface area (Å²) in [5, 5.41) is 0.931. The van der Waals surface area contributed by atoms with Crippen LogP contribution in [0.4, 0.5) is 0 Å². The van der Waals surface area contributed by atoms with E-state index in [1.54, 1.807) is 0 Å². The van der Waals surface area contributed by atoms with Crippen molar-refractivity contribution in [3.63, 3.8) is 0 Å². The van der Waals surface area contributed by atoms with Gasteiger partial charge in [0.15, 0.2) is 0 Å². The average Bonchev–Trinajstić information content (AvgIpc) is 2.17. The molecule has 2 heteroatoms. The lowest BCUT2D eigenvalue weighted by Gasteiger charge is -2.17. The van der Waals surface area contributed by atoms with Crippen LogP contribution in [0.1, 0.15) is 17.5 Å². The second kappa shape index (κ2) is 3.48. The lowest BCUT2D eigenvalue weighted by Crippen LogP contribution is -2.08. The first-order valence-electron chi connectivity index (χ1n) is 4.21. The molecule has 1 heterocycles. The highest BCUT2D eigenvalue weighted by Gasteiger charge is 2.09. The van der Waals surface area contributed by atoms with Crippen LogP contribution in [0.2, 0.25) is 0 Å². The van der Waals surface area contributed by atoms with E-state index in [9.17, 15) is 0 Å². The molecule has 0 unspecified atom stereocenters. The van der Waals surface area contributed by atoms with Crippen LogP contribution in [-0.2, 0) is 11.8 Å². The SMILES string of the molecule is BrCc1ccc2c(c1)CCCO2. The third-order valence-corrected chi connectivity index (χ3v) is 2.77. The van der Waals surface area contributed by atoms with Gasteiger partial charge in [-0.3, -0.25) is 0 Å². The van der Waals surface area contributed by atoms with E-state index in [4.69, 9.17) is 4.74 Å². The number of fused-ring (bicyclic) bond motifs is 1. The van der Waals surface area contributed by atoms with Gasteiger partial charge in [0, 0.05) is 5.33 Å². The van der Waals surface area contributed by atoms with Crippen LogP contribution in [0, 0.1) is 0 Å². The molecule has 0 fully saturated rings. The van der Waals surface area contributed by atoms with Gasteiger partial charge in [0.25, 0.3) is 0 Å². The number of halogens is 1. The van der Waals surface area contributed by atoms with E-state index in [2.05, 4.69) is 34.1 Å². The number of ether oxygens (including phenoxy) is 1. The van der Waals surface area contributed by atoms with Crippen molar-refractivity contribution in [3.8, 4) is 5.75 Å². The molecule has 2 rings (SSSR count). The lowest BCUT2D eigenvalue weighted by molar-refractivity contribution is 0.288. The van der Waals surface area contributed by atoms with Crippen LogP contribution in [0.25, 0.3) is 0 Å². The maximum Gasteiger partial charge on any atom is 0.122 e. The highest BCUT2D eigenvalue weighted by atomic mass is 79.9. The van der Waals surface area contributed by atoms with Gasteiger partial charge in [-0.1, -0.05) is 28.1 Å². The second-order valence-electron chi connectivity index (χ2n) is 3.03. The van der Waals surface area contributed by atoms with Crippen molar-refractivity contribution in [1.29, 1.82) is 0 Å². The number of alkyl halides is 1. The second-order valence-corrected chi connectivity index (χ2v) is 3.59. The Kier molecular flexibility index (Phi) is 2.35. The molecule has 0 bridgehead atoms. The van der Waals surface area contributed by atoms with E-state index in [0.717, 1.165) is 30.5 Å². The number of hydrogen-bond acceptors (Lipinski definition) is 1. The summed E-state index contributed by atoms with van der Waals surface area (Å²) in [7, 11) is 0. The third kappa shape index (κ3) is 1.48. The Morgan fingerprint density at radius 3 is 3.17 bits per heavy atom. The van der Waals surface area contributed by atoms with Crippen molar-refractivity contribution in [2.45, 2.75) is 18.2 Å². The maximum absolute atomic E-state index is 5.51. The molecule has 0 N–H and O–H groups in total. The van der Waals surface area contributed by atoms with Crippen LogP contribution in [0.3, 0.4) is 0 Å². The number of hydrogen-bond donors (Lipinski definition) is 0. The number of aryl methyl sites for hydroxylation is 1. The zero-order chi connectivity index (χ0) is 8.39. The first kappa shape index (κ1) is 8.11. The fraction of sp³-hybridized carbons (Fsp3) is 0.400. The summed E-state index contributed by atoms with van der Waals surface area (Å²) in [6.07, 6.45) is 2.31. The molecule has 1 aromatic carbocycles. The van der Waals surface area contributed by atoms with E-state index in [-0.39, 0.29) is 0 Å². The molecule has 0 aliphatic carbocycles. The molecule has 0 amide bonds. The Balaban J connectivity index is 2.36. The quantitative estimate of drug-likeness (QED) is 0.670. The van der Waals surface area contributed by atoms with Gasteiger partial charge in [-0.25, -0.2) is 0 Å². The molecule has 0 spiro atoms. The Morgan fingerprint density at radius 2 is 2.33 bits per heavy atom. The van der Waals surface area contributed by atoms with Crippen LogP contribution in [0.15, 0.2) is 18.2 Å². The van der Waals surface area contributed by atoms with Crippen molar-refractivity contribution in [3.05, 3.63) is 29.3 Å². The van der Waals surface area contributed by atoms with Crippen molar-refractivity contribution in [2.24, 2.45) is 0 Å². The standard InChI is InChI=1S/C10H11BrO/c11-7-8-3-4-10-9(6-8)2-1-5-12-10/h3-4,6H,1-2,5,7H2. The highest BCUT2D eigenvalue weighted by Crippen LogP contribution is 2.26. The summed E-state index contributed by atoms with van der Waals surface area (Å²) in [6, 6.07) is 6.41. The molecular formula is C10H11BrO.